The molecule has 2 aromatic carbocycles. The van der Waals surface area contributed by atoms with E-state index in [0.717, 1.165) is 16.8 Å². The third-order valence-corrected chi connectivity index (χ3v) is 3.47. The van der Waals surface area contributed by atoms with Crippen LogP contribution in [0.25, 0.3) is 0 Å². The molecule has 2 rings (SSSR count). The van der Waals surface area contributed by atoms with E-state index in [4.69, 9.17) is 10.5 Å². The van der Waals surface area contributed by atoms with Crippen molar-refractivity contribution < 1.29 is 9.53 Å². The number of carbonyl (C=O) groups excluding carboxylic acids is 1. The molecule has 21 heavy (non-hydrogen) atoms. The third kappa shape index (κ3) is 3.41. The van der Waals surface area contributed by atoms with Crippen molar-refractivity contribution in [2.24, 2.45) is 5.73 Å². The lowest BCUT2D eigenvalue weighted by Crippen LogP contribution is -2.21. The van der Waals surface area contributed by atoms with Crippen molar-refractivity contribution in [3.05, 3.63) is 65.2 Å². The maximum absolute atomic E-state index is 11.8. The van der Waals surface area contributed by atoms with Gasteiger partial charge in [-0.15, -0.1) is 0 Å². The first kappa shape index (κ1) is 15.1. The summed E-state index contributed by atoms with van der Waals surface area (Å²) in [6.07, 6.45) is 0. The normalized spacial score (nSPS) is 10.2. The molecule has 0 bridgehead atoms. The molecule has 2 aromatic rings. The molecule has 0 atom stereocenters. The van der Waals surface area contributed by atoms with Crippen LogP contribution in [0.2, 0.25) is 0 Å². The molecular weight excluding hydrogens is 264 g/mol. The van der Waals surface area contributed by atoms with Gasteiger partial charge in [-0.3, -0.25) is 0 Å². The summed E-state index contributed by atoms with van der Waals surface area (Å²) in [6.45, 7) is 1.18. The highest BCUT2D eigenvalue weighted by Gasteiger charge is 2.14. The first-order chi connectivity index (χ1) is 10.2. The Morgan fingerprint density at radius 3 is 2.38 bits per heavy atom. The van der Waals surface area contributed by atoms with Crippen LogP contribution in [0.5, 0.6) is 0 Å². The topological polar surface area (TPSA) is 55.6 Å². The van der Waals surface area contributed by atoms with Gasteiger partial charge in [0.1, 0.15) is 0 Å². The number of ether oxygens (including phenoxy) is 1. The van der Waals surface area contributed by atoms with E-state index in [1.54, 1.807) is 6.07 Å². The van der Waals surface area contributed by atoms with Crippen LogP contribution in [0.3, 0.4) is 0 Å². The van der Waals surface area contributed by atoms with Crippen LogP contribution in [0.15, 0.2) is 48.5 Å². The number of methoxy groups -OCH3 is 1. The molecule has 0 aromatic heterocycles. The van der Waals surface area contributed by atoms with Crippen LogP contribution < -0.4 is 10.6 Å². The van der Waals surface area contributed by atoms with E-state index in [1.807, 2.05) is 48.3 Å². The molecule has 2 N–H and O–H groups in total. The first-order valence-corrected chi connectivity index (χ1v) is 6.82. The van der Waals surface area contributed by atoms with Gasteiger partial charge in [-0.05, 0) is 23.3 Å². The molecule has 0 fully saturated rings. The van der Waals surface area contributed by atoms with Gasteiger partial charge in [-0.2, -0.15) is 0 Å². The van der Waals surface area contributed by atoms with Crippen LogP contribution >= 0.6 is 0 Å². The second-order valence-electron chi connectivity index (χ2n) is 4.84. The number of anilines is 1. The Bertz CT molecular complexity index is 626. The van der Waals surface area contributed by atoms with Crippen molar-refractivity contribution >= 4 is 11.7 Å². The minimum Gasteiger partial charge on any atom is -0.465 e. The smallest absolute Gasteiger partial charge is 0.339 e. The summed E-state index contributed by atoms with van der Waals surface area (Å²) in [5.41, 5.74) is 9.44. The van der Waals surface area contributed by atoms with Crippen molar-refractivity contribution in [3.8, 4) is 0 Å². The number of hydrogen-bond acceptors (Lipinski definition) is 4. The van der Waals surface area contributed by atoms with Gasteiger partial charge >= 0.3 is 5.97 Å². The fourth-order valence-electron chi connectivity index (χ4n) is 2.34. The molecule has 4 nitrogen and oxygen atoms in total. The molecule has 0 saturated heterocycles. The van der Waals surface area contributed by atoms with Gasteiger partial charge in [0.05, 0.1) is 18.4 Å². The summed E-state index contributed by atoms with van der Waals surface area (Å²) in [4.78, 5) is 13.9. The molecular formula is C17H20N2O2. The summed E-state index contributed by atoms with van der Waals surface area (Å²) >= 11 is 0. The number of rotatable bonds is 5. The zero-order chi connectivity index (χ0) is 15.2. The highest BCUT2D eigenvalue weighted by atomic mass is 16.5. The summed E-state index contributed by atoms with van der Waals surface area (Å²) in [6, 6.07) is 15.5. The van der Waals surface area contributed by atoms with E-state index in [0.29, 0.717) is 18.7 Å². The lowest BCUT2D eigenvalue weighted by Gasteiger charge is -2.23. The monoisotopic (exact) mass is 284 g/mol. The zero-order valence-electron chi connectivity index (χ0n) is 12.4. The number of carbonyl (C=O) groups is 1. The van der Waals surface area contributed by atoms with Gasteiger partial charge in [0.15, 0.2) is 0 Å². The van der Waals surface area contributed by atoms with Crippen molar-refractivity contribution in [1.29, 1.82) is 0 Å². The Hall–Kier alpha value is -2.33. The van der Waals surface area contributed by atoms with E-state index in [-0.39, 0.29) is 5.97 Å². The average molecular weight is 284 g/mol. The SMILES string of the molecule is COC(=O)c1ccccc1N(C)Cc1ccccc1CN. The van der Waals surface area contributed by atoms with Crippen LogP contribution in [-0.4, -0.2) is 20.1 Å². The molecule has 0 radical (unpaired) electrons. The van der Waals surface area contributed by atoms with Crippen molar-refractivity contribution in [2.45, 2.75) is 13.1 Å². The predicted molar refractivity (Wildman–Crippen MR) is 84.2 cm³/mol. The average Bonchev–Trinajstić information content (AvgIpc) is 2.54. The summed E-state index contributed by atoms with van der Waals surface area (Å²) in [7, 11) is 3.35. The van der Waals surface area contributed by atoms with E-state index >= 15 is 0 Å². The van der Waals surface area contributed by atoms with Crippen molar-refractivity contribution in [3.63, 3.8) is 0 Å². The lowest BCUT2D eigenvalue weighted by atomic mass is 10.1. The number of para-hydroxylation sites is 1. The van der Waals surface area contributed by atoms with E-state index in [9.17, 15) is 4.79 Å². The van der Waals surface area contributed by atoms with Gasteiger partial charge < -0.3 is 15.4 Å². The molecule has 0 heterocycles. The van der Waals surface area contributed by atoms with Gasteiger partial charge in [0.25, 0.3) is 0 Å². The summed E-state index contributed by atoms with van der Waals surface area (Å²) in [5.74, 6) is -0.329. The minimum absolute atomic E-state index is 0.329. The standard InChI is InChI=1S/C17H20N2O2/c1-19(12-14-8-4-3-7-13(14)11-18)16-10-6-5-9-15(16)17(20)21-2/h3-10H,11-12,18H2,1-2H3. The Morgan fingerprint density at radius 1 is 1.10 bits per heavy atom. The number of nitrogens with two attached hydrogens (primary N) is 1. The molecule has 0 aliphatic carbocycles. The fourth-order valence-corrected chi connectivity index (χ4v) is 2.34. The Kier molecular flexibility index (Phi) is 4.95. The largest absolute Gasteiger partial charge is 0.465 e. The van der Waals surface area contributed by atoms with Gasteiger partial charge in [0.2, 0.25) is 0 Å². The van der Waals surface area contributed by atoms with E-state index in [1.165, 1.54) is 7.11 Å². The molecule has 110 valence electrons. The maximum Gasteiger partial charge on any atom is 0.339 e. The van der Waals surface area contributed by atoms with Crippen LogP contribution in [0.1, 0.15) is 21.5 Å². The molecule has 0 unspecified atom stereocenters. The highest BCUT2D eigenvalue weighted by Crippen LogP contribution is 2.22. The number of hydrogen-bond donors (Lipinski definition) is 1. The van der Waals surface area contributed by atoms with Crippen LogP contribution in [0, 0.1) is 0 Å². The maximum atomic E-state index is 11.8. The quantitative estimate of drug-likeness (QED) is 0.857. The predicted octanol–water partition coefficient (Wildman–Crippen LogP) is 2.57. The second-order valence-corrected chi connectivity index (χ2v) is 4.84. The molecule has 0 amide bonds. The van der Waals surface area contributed by atoms with Crippen LogP contribution in [-0.2, 0) is 17.8 Å². The Morgan fingerprint density at radius 2 is 1.71 bits per heavy atom. The second kappa shape index (κ2) is 6.90. The molecule has 0 aliphatic heterocycles. The van der Waals surface area contributed by atoms with Gasteiger partial charge in [0, 0.05) is 20.1 Å². The molecule has 4 heteroatoms. The van der Waals surface area contributed by atoms with Gasteiger partial charge in [-0.1, -0.05) is 36.4 Å². The van der Waals surface area contributed by atoms with Crippen LogP contribution in [0.4, 0.5) is 5.69 Å². The number of benzene rings is 2. The summed E-state index contributed by atoms with van der Waals surface area (Å²) in [5, 5.41) is 0. The zero-order valence-corrected chi connectivity index (χ0v) is 12.4. The van der Waals surface area contributed by atoms with Gasteiger partial charge in [-0.25, -0.2) is 4.79 Å². The summed E-state index contributed by atoms with van der Waals surface area (Å²) < 4.78 is 4.84. The molecule has 0 saturated carbocycles. The van der Waals surface area contributed by atoms with Crippen molar-refractivity contribution in [2.75, 3.05) is 19.1 Å². The van der Waals surface area contributed by atoms with E-state index < -0.39 is 0 Å². The molecule has 0 spiro atoms. The molecule has 0 aliphatic rings. The Balaban J connectivity index is 2.28. The minimum atomic E-state index is -0.329. The lowest BCUT2D eigenvalue weighted by molar-refractivity contribution is 0.0601. The first-order valence-electron chi connectivity index (χ1n) is 6.82. The van der Waals surface area contributed by atoms with Crippen molar-refractivity contribution in [1.82, 2.24) is 0 Å². The third-order valence-electron chi connectivity index (χ3n) is 3.47. The number of esters is 1. The van der Waals surface area contributed by atoms with E-state index in [2.05, 4.69) is 6.07 Å². The Labute approximate surface area is 125 Å². The number of nitrogens with zero attached hydrogens (tertiary/aromatic N) is 1. The highest BCUT2D eigenvalue weighted by molar-refractivity contribution is 5.95. The fraction of sp³-hybridized carbons (Fsp3) is 0.235.